The fourth-order valence-corrected chi connectivity index (χ4v) is 2.79. The third-order valence-electron chi connectivity index (χ3n) is 4.19. The van der Waals surface area contributed by atoms with E-state index in [-0.39, 0.29) is 23.4 Å². The first-order valence-corrected chi connectivity index (χ1v) is 7.91. The minimum Gasteiger partial charge on any atom is -0.340 e. The lowest BCUT2D eigenvalue weighted by molar-refractivity contribution is -0.384. The number of carbonyl (C=O) groups excluding carboxylic acids is 3. The molecule has 0 saturated carbocycles. The van der Waals surface area contributed by atoms with Crippen LogP contribution in [-0.4, -0.2) is 46.0 Å². The molecule has 8 nitrogen and oxygen atoms in total. The van der Waals surface area contributed by atoms with Crippen LogP contribution in [-0.2, 0) is 11.3 Å². The van der Waals surface area contributed by atoms with E-state index in [2.05, 4.69) is 0 Å². The van der Waals surface area contributed by atoms with Crippen LogP contribution in [0.3, 0.4) is 0 Å². The molecule has 0 unspecified atom stereocenters. The number of hydrogen-bond donors (Lipinski definition) is 0. The third-order valence-corrected chi connectivity index (χ3v) is 4.19. The van der Waals surface area contributed by atoms with Crippen molar-refractivity contribution in [2.45, 2.75) is 6.54 Å². The van der Waals surface area contributed by atoms with Crippen molar-refractivity contribution in [3.05, 3.63) is 75.1 Å². The van der Waals surface area contributed by atoms with E-state index < -0.39 is 35.0 Å². The molecule has 3 amide bonds. The van der Waals surface area contributed by atoms with Gasteiger partial charge < -0.3 is 4.90 Å². The molecule has 2 aromatic carbocycles. The maximum Gasteiger partial charge on any atom is 0.270 e. The molecule has 3 rings (SSSR count). The maximum atomic E-state index is 13.2. The molecular formula is C18H14FN3O5. The molecule has 0 radical (unpaired) electrons. The lowest BCUT2D eigenvalue weighted by Crippen LogP contribution is -2.40. The van der Waals surface area contributed by atoms with Crippen molar-refractivity contribution in [2.75, 3.05) is 13.6 Å². The van der Waals surface area contributed by atoms with Crippen molar-refractivity contribution in [1.29, 1.82) is 0 Å². The highest BCUT2D eigenvalue weighted by Crippen LogP contribution is 2.26. The smallest absolute Gasteiger partial charge is 0.270 e. The van der Waals surface area contributed by atoms with E-state index in [0.29, 0.717) is 5.56 Å². The summed E-state index contributed by atoms with van der Waals surface area (Å²) in [5.41, 5.74) is 0.163. The average molecular weight is 371 g/mol. The van der Waals surface area contributed by atoms with Crippen LogP contribution in [0.2, 0.25) is 0 Å². The van der Waals surface area contributed by atoms with Crippen molar-refractivity contribution in [2.24, 2.45) is 0 Å². The second-order valence-electron chi connectivity index (χ2n) is 6.06. The van der Waals surface area contributed by atoms with Crippen LogP contribution >= 0.6 is 0 Å². The molecule has 9 heteroatoms. The molecular weight excluding hydrogens is 357 g/mol. The van der Waals surface area contributed by atoms with Crippen LogP contribution in [0, 0.1) is 15.9 Å². The van der Waals surface area contributed by atoms with Gasteiger partial charge in [-0.25, -0.2) is 4.39 Å². The van der Waals surface area contributed by atoms with Gasteiger partial charge >= 0.3 is 0 Å². The minimum atomic E-state index is -0.758. The van der Waals surface area contributed by atoms with E-state index in [0.717, 1.165) is 17.0 Å². The zero-order chi connectivity index (χ0) is 19.7. The number of fused-ring (bicyclic) bond motifs is 1. The van der Waals surface area contributed by atoms with E-state index in [9.17, 15) is 28.9 Å². The minimum absolute atomic E-state index is 0.0196. The van der Waals surface area contributed by atoms with E-state index in [1.807, 2.05) is 0 Å². The van der Waals surface area contributed by atoms with Crippen LogP contribution in [0.15, 0.2) is 42.5 Å². The second-order valence-corrected chi connectivity index (χ2v) is 6.06. The van der Waals surface area contributed by atoms with Crippen molar-refractivity contribution in [3.8, 4) is 0 Å². The molecule has 1 heterocycles. The SMILES string of the molecule is CN(Cc1cccc(F)c1)C(=O)CN1C(=O)c2ccc([N+](=O)[O-])cc2C1=O. The third kappa shape index (κ3) is 3.52. The highest BCUT2D eigenvalue weighted by atomic mass is 19.1. The molecule has 0 aromatic heterocycles. The molecule has 27 heavy (non-hydrogen) atoms. The first-order valence-electron chi connectivity index (χ1n) is 7.91. The predicted molar refractivity (Wildman–Crippen MR) is 91.3 cm³/mol. The van der Waals surface area contributed by atoms with Gasteiger partial charge in [0.05, 0.1) is 16.1 Å². The zero-order valence-electron chi connectivity index (χ0n) is 14.2. The average Bonchev–Trinajstić information content (AvgIpc) is 2.86. The number of likely N-dealkylation sites (N-methyl/N-ethyl adjacent to an activating group) is 1. The Morgan fingerprint density at radius 2 is 1.85 bits per heavy atom. The summed E-state index contributed by atoms with van der Waals surface area (Å²) in [6.07, 6.45) is 0. The van der Waals surface area contributed by atoms with Gasteiger partial charge in [0, 0.05) is 25.7 Å². The molecule has 0 atom stereocenters. The van der Waals surface area contributed by atoms with Crippen LogP contribution in [0.4, 0.5) is 10.1 Å². The monoisotopic (exact) mass is 371 g/mol. The summed E-state index contributed by atoms with van der Waals surface area (Å²) in [6.45, 7) is -0.406. The molecule has 2 aromatic rings. The van der Waals surface area contributed by atoms with Crippen LogP contribution in [0.1, 0.15) is 26.3 Å². The summed E-state index contributed by atoms with van der Waals surface area (Å²) in [6, 6.07) is 9.08. The number of imide groups is 1. The predicted octanol–water partition coefficient (Wildman–Crippen LogP) is 1.99. The number of rotatable bonds is 5. The quantitative estimate of drug-likeness (QED) is 0.454. The second kappa shape index (κ2) is 6.94. The lowest BCUT2D eigenvalue weighted by atomic mass is 10.1. The van der Waals surface area contributed by atoms with Crippen molar-refractivity contribution < 1.29 is 23.7 Å². The Morgan fingerprint density at radius 1 is 1.15 bits per heavy atom. The van der Waals surface area contributed by atoms with Crippen LogP contribution < -0.4 is 0 Å². The highest BCUT2D eigenvalue weighted by Gasteiger charge is 2.38. The molecule has 0 fully saturated rings. The van der Waals surface area contributed by atoms with Gasteiger partial charge in [-0.15, -0.1) is 0 Å². The Labute approximate surface area is 152 Å². The Hall–Kier alpha value is -3.62. The molecule has 0 saturated heterocycles. The molecule has 1 aliphatic rings. The van der Waals surface area contributed by atoms with Gasteiger partial charge in [-0.2, -0.15) is 0 Å². The van der Waals surface area contributed by atoms with Gasteiger partial charge in [-0.3, -0.25) is 29.4 Å². The maximum absolute atomic E-state index is 13.2. The molecule has 1 aliphatic heterocycles. The number of nitro groups is 1. The Bertz CT molecular complexity index is 975. The van der Waals surface area contributed by atoms with Gasteiger partial charge in [0.15, 0.2) is 0 Å². The molecule has 0 aliphatic carbocycles. The van der Waals surface area contributed by atoms with Crippen LogP contribution in [0.5, 0.6) is 0 Å². The lowest BCUT2D eigenvalue weighted by Gasteiger charge is -2.20. The summed E-state index contributed by atoms with van der Waals surface area (Å²) < 4.78 is 13.2. The summed E-state index contributed by atoms with van der Waals surface area (Å²) in [7, 11) is 1.47. The number of nitrogens with zero attached hydrogens (tertiary/aromatic N) is 3. The Kier molecular flexibility index (Phi) is 4.68. The number of benzene rings is 2. The summed E-state index contributed by atoms with van der Waals surface area (Å²) in [5.74, 6) is -2.40. The first kappa shape index (κ1) is 18.2. The fraction of sp³-hybridized carbons (Fsp3) is 0.167. The van der Waals surface area contributed by atoms with E-state index in [1.165, 1.54) is 36.2 Å². The van der Waals surface area contributed by atoms with E-state index in [1.54, 1.807) is 6.07 Å². The van der Waals surface area contributed by atoms with E-state index >= 15 is 0 Å². The Balaban J connectivity index is 1.73. The number of carbonyl (C=O) groups is 3. The van der Waals surface area contributed by atoms with Gasteiger partial charge in [-0.05, 0) is 23.8 Å². The number of amides is 3. The largest absolute Gasteiger partial charge is 0.340 e. The topological polar surface area (TPSA) is 101 Å². The molecule has 0 spiro atoms. The normalized spacial score (nSPS) is 12.9. The standard InChI is InChI=1S/C18H14FN3O5/c1-20(9-11-3-2-4-12(19)7-11)16(23)10-21-17(24)14-6-5-13(22(26)27)8-15(14)18(21)25/h2-8H,9-10H2,1H3. The van der Waals surface area contributed by atoms with Gasteiger partial charge in [0.1, 0.15) is 12.4 Å². The zero-order valence-corrected chi connectivity index (χ0v) is 14.2. The molecule has 138 valence electrons. The van der Waals surface area contributed by atoms with Crippen molar-refractivity contribution in [3.63, 3.8) is 0 Å². The van der Waals surface area contributed by atoms with E-state index in [4.69, 9.17) is 0 Å². The fourth-order valence-electron chi connectivity index (χ4n) is 2.79. The van der Waals surface area contributed by atoms with Gasteiger partial charge in [0.2, 0.25) is 5.91 Å². The number of halogens is 1. The molecule has 0 bridgehead atoms. The van der Waals surface area contributed by atoms with Crippen LogP contribution in [0.25, 0.3) is 0 Å². The first-order chi connectivity index (χ1) is 12.8. The summed E-state index contributed by atoms with van der Waals surface area (Å²) in [4.78, 5) is 49.3. The number of nitro benzene ring substituents is 1. The highest BCUT2D eigenvalue weighted by molar-refractivity contribution is 6.22. The van der Waals surface area contributed by atoms with Crippen molar-refractivity contribution >= 4 is 23.4 Å². The summed E-state index contributed by atoms with van der Waals surface area (Å²) >= 11 is 0. The van der Waals surface area contributed by atoms with Gasteiger partial charge in [0.25, 0.3) is 17.5 Å². The summed E-state index contributed by atoms with van der Waals surface area (Å²) in [5, 5.41) is 10.8. The van der Waals surface area contributed by atoms with Gasteiger partial charge in [-0.1, -0.05) is 12.1 Å². The Morgan fingerprint density at radius 3 is 2.52 bits per heavy atom. The number of non-ortho nitro benzene ring substituents is 1. The molecule has 0 N–H and O–H groups in total. The van der Waals surface area contributed by atoms with Crippen molar-refractivity contribution in [1.82, 2.24) is 9.80 Å². The number of hydrogen-bond acceptors (Lipinski definition) is 5.